The van der Waals surface area contributed by atoms with Gasteiger partial charge < -0.3 is 5.11 Å². The summed E-state index contributed by atoms with van der Waals surface area (Å²) >= 11 is 0. The van der Waals surface area contributed by atoms with Gasteiger partial charge in [-0.2, -0.15) is 17.0 Å². The lowest BCUT2D eigenvalue weighted by atomic mass is 10.2. The summed E-state index contributed by atoms with van der Waals surface area (Å²) in [6, 6.07) is -0.00375. The van der Waals surface area contributed by atoms with Crippen LogP contribution in [0.4, 0.5) is 0 Å². The highest BCUT2D eigenvalue weighted by atomic mass is 32.2. The summed E-state index contributed by atoms with van der Waals surface area (Å²) < 4.78 is 27.6. The van der Waals surface area contributed by atoms with E-state index in [0.29, 0.717) is 0 Å². The van der Waals surface area contributed by atoms with Gasteiger partial charge in [-0.25, -0.2) is 0 Å². The molecule has 0 atom stereocenters. The van der Waals surface area contributed by atoms with Gasteiger partial charge in [-0.3, -0.25) is 0 Å². The molecule has 0 saturated heterocycles. The van der Waals surface area contributed by atoms with Crippen molar-refractivity contribution in [2.24, 2.45) is 0 Å². The van der Waals surface area contributed by atoms with Crippen molar-refractivity contribution in [3.63, 3.8) is 0 Å². The molecule has 1 fully saturated rings. The fraction of sp³-hybridized carbons (Fsp3) is 1.00. The molecule has 1 aliphatic carbocycles. The van der Waals surface area contributed by atoms with Crippen molar-refractivity contribution in [1.29, 1.82) is 0 Å². The van der Waals surface area contributed by atoms with Crippen LogP contribution in [0.15, 0.2) is 0 Å². The van der Waals surface area contributed by atoms with Crippen LogP contribution >= 0.6 is 0 Å². The fourth-order valence-electron chi connectivity index (χ4n) is 2.21. The second-order valence-corrected chi connectivity index (χ2v) is 6.83. The van der Waals surface area contributed by atoms with Gasteiger partial charge in [0.15, 0.2) is 0 Å². The zero-order valence-electron chi connectivity index (χ0n) is 11.0. The van der Waals surface area contributed by atoms with E-state index in [4.69, 9.17) is 5.11 Å². The van der Waals surface area contributed by atoms with E-state index in [-0.39, 0.29) is 25.2 Å². The monoisotopic (exact) mass is 264 g/mol. The van der Waals surface area contributed by atoms with Crippen molar-refractivity contribution in [2.45, 2.75) is 51.6 Å². The van der Waals surface area contributed by atoms with Gasteiger partial charge in [0, 0.05) is 25.7 Å². The van der Waals surface area contributed by atoms with Crippen LogP contribution in [0.1, 0.15) is 39.5 Å². The van der Waals surface area contributed by atoms with Crippen LogP contribution in [0.25, 0.3) is 0 Å². The Labute approximate surface area is 105 Å². The van der Waals surface area contributed by atoms with Gasteiger partial charge in [0.25, 0.3) is 10.2 Å². The summed E-state index contributed by atoms with van der Waals surface area (Å²) in [7, 11) is -1.84. The number of aliphatic hydroxyl groups excluding tert-OH is 1. The molecule has 1 saturated carbocycles. The summed E-state index contributed by atoms with van der Waals surface area (Å²) in [6.45, 7) is 3.78. The smallest absolute Gasteiger partial charge is 0.282 e. The largest absolute Gasteiger partial charge is 0.395 e. The quantitative estimate of drug-likeness (QED) is 0.772. The van der Waals surface area contributed by atoms with Crippen LogP contribution in [0, 0.1) is 0 Å². The molecule has 102 valence electrons. The van der Waals surface area contributed by atoms with Crippen LogP contribution < -0.4 is 0 Å². The highest BCUT2D eigenvalue weighted by Gasteiger charge is 2.35. The maximum absolute atomic E-state index is 12.4. The van der Waals surface area contributed by atoms with Gasteiger partial charge in [-0.1, -0.05) is 12.8 Å². The highest BCUT2D eigenvalue weighted by Crippen LogP contribution is 2.26. The van der Waals surface area contributed by atoms with E-state index in [1.54, 1.807) is 7.05 Å². The lowest BCUT2D eigenvalue weighted by molar-refractivity contribution is 0.214. The maximum atomic E-state index is 12.4. The summed E-state index contributed by atoms with van der Waals surface area (Å²) in [5, 5.41) is 9.06. The van der Waals surface area contributed by atoms with E-state index in [1.807, 2.05) is 13.8 Å². The Balaban J connectivity index is 2.88. The highest BCUT2D eigenvalue weighted by molar-refractivity contribution is 7.86. The third-order valence-electron chi connectivity index (χ3n) is 3.44. The van der Waals surface area contributed by atoms with Gasteiger partial charge in [-0.05, 0) is 26.7 Å². The first-order valence-electron chi connectivity index (χ1n) is 6.27. The topological polar surface area (TPSA) is 60.9 Å². The first-order valence-corrected chi connectivity index (χ1v) is 7.66. The SMILES string of the molecule is CC(C)N(C)S(=O)(=O)N(CCO)C1CCCC1. The molecule has 5 nitrogen and oxygen atoms in total. The van der Waals surface area contributed by atoms with Crippen molar-refractivity contribution >= 4 is 10.2 Å². The molecule has 0 aromatic rings. The van der Waals surface area contributed by atoms with Crippen molar-refractivity contribution in [3.05, 3.63) is 0 Å². The van der Waals surface area contributed by atoms with Crippen molar-refractivity contribution < 1.29 is 13.5 Å². The Bertz CT molecular complexity index is 324. The Kier molecular flexibility index (Phi) is 5.37. The summed E-state index contributed by atoms with van der Waals surface area (Å²) in [4.78, 5) is 0. The van der Waals surface area contributed by atoms with E-state index in [2.05, 4.69) is 0 Å². The van der Waals surface area contributed by atoms with E-state index < -0.39 is 10.2 Å². The van der Waals surface area contributed by atoms with Gasteiger partial charge in [0.2, 0.25) is 0 Å². The fourth-order valence-corrected chi connectivity index (χ4v) is 3.97. The lowest BCUT2D eigenvalue weighted by Gasteiger charge is -2.33. The van der Waals surface area contributed by atoms with Gasteiger partial charge >= 0.3 is 0 Å². The predicted molar refractivity (Wildman–Crippen MR) is 67.9 cm³/mol. The van der Waals surface area contributed by atoms with Crippen LogP contribution in [0.2, 0.25) is 0 Å². The number of hydrogen-bond acceptors (Lipinski definition) is 3. The van der Waals surface area contributed by atoms with Gasteiger partial charge in [0.05, 0.1) is 6.61 Å². The molecule has 1 rings (SSSR count). The minimum absolute atomic E-state index is 0.0633. The molecule has 0 bridgehead atoms. The average Bonchev–Trinajstić information content (AvgIpc) is 2.77. The molecular formula is C11H24N2O3S. The molecule has 0 aromatic heterocycles. The summed E-state index contributed by atoms with van der Waals surface area (Å²) in [6.07, 6.45) is 3.97. The number of nitrogens with zero attached hydrogens (tertiary/aromatic N) is 2. The van der Waals surface area contributed by atoms with Crippen LogP contribution in [-0.2, 0) is 10.2 Å². The second-order valence-electron chi connectivity index (χ2n) is 4.89. The maximum Gasteiger partial charge on any atom is 0.282 e. The molecule has 17 heavy (non-hydrogen) atoms. The molecule has 0 spiro atoms. The van der Waals surface area contributed by atoms with E-state index in [1.165, 1.54) is 8.61 Å². The molecule has 0 aliphatic heterocycles. The summed E-state index contributed by atoms with van der Waals surface area (Å²) in [5.74, 6) is 0. The zero-order valence-corrected chi connectivity index (χ0v) is 11.8. The number of aliphatic hydroxyl groups is 1. The Hall–Kier alpha value is -0.170. The average molecular weight is 264 g/mol. The molecular weight excluding hydrogens is 240 g/mol. The number of rotatable bonds is 6. The van der Waals surface area contributed by atoms with E-state index in [0.717, 1.165) is 25.7 Å². The van der Waals surface area contributed by atoms with Crippen LogP contribution in [0.3, 0.4) is 0 Å². The van der Waals surface area contributed by atoms with Crippen LogP contribution in [-0.4, -0.2) is 54.4 Å². The Morgan fingerprint density at radius 3 is 2.24 bits per heavy atom. The molecule has 0 radical (unpaired) electrons. The van der Waals surface area contributed by atoms with Crippen molar-refractivity contribution in [2.75, 3.05) is 20.2 Å². The normalized spacial score (nSPS) is 18.8. The van der Waals surface area contributed by atoms with Gasteiger partial charge in [-0.15, -0.1) is 0 Å². The predicted octanol–water partition coefficient (Wildman–Crippen LogP) is 0.808. The molecule has 0 heterocycles. The van der Waals surface area contributed by atoms with Gasteiger partial charge in [0.1, 0.15) is 0 Å². The first-order chi connectivity index (χ1) is 7.91. The molecule has 6 heteroatoms. The first kappa shape index (κ1) is 14.9. The molecule has 1 aliphatic rings. The number of hydrogen-bond donors (Lipinski definition) is 1. The molecule has 1 N–H and O–H groups in total. The molecule has 0 amide bonds. The van der Waals surface area contributed by atoms with Crippen molar-refractivity contribution in [3.8, 4) is 0 Å². The van der Waals surface area contributed by atoms with Crippen LogP contribution in [0.5, 0.6) is 0 Å². The molecule has 0 unspecified atom stereocenters. The lowest BCUT2D eigenvalue weighted by Crippen LogP contribution is -2.49. The third kappa shape index (κ3) is 3.40. The van der Waals surface area contributed by atoms with E-state index in [9.17, 15) is 8.42 Å². The summed E-state index contributed by atoms with van der Waals surface area (Å²) in [5.41, 5.74) is 0. The Morgan fingerprint density at radius 2 is 1.82 bits per heavy atom. The minimum Gasteiger partial charge on any atom is -0.395 e. The standard InChI is InChI=1S/C11H24N2O3S/c1-10(2)12(3)17(15,16)13(8-9-14)11-6-4-5-7-11/h10-11,14H,4-9H2,1-3H3. The van der Waals surface area contributed by atoms with Crippen molar-refractivity contribution in [1.82, 2.24) is 8.61 Å². The second kappa shape index (κ2) is 6.13. The van der Waals surface area contributed by atoms with E-state index >= 15 is 0 Å². The Morgan fingerprint density at radius 1 is 1.29 bits per heavy atom. The zero-order chi connectivity index (χ0) is 13.1. The third-order valence-corrected chi connectivity index (χ3v) is 5.66. The minimum atomic E-state index is -3.44. The molecule has 0 aromatic carbocycles.